The van der Waals surface area contributed by atoms with E-state index in [1.54, 1.807) is 0 Å². The summed E-state index contributed by atoms with van der Waals surface area (Å²) in [5.74, 6) is 0. The summed E-state index contributed by atoms with van der Waals surface area (Å²) in [5.41, 5.74) is 5.12. The molecule has 0 nitrogen and oxygen atoms in total. The first kappa shape index (κ1) is 14.1. The van der Waals surface area contributed by atoms with Crippen molar-refractivity contribution in [1.29, 1.82) is 0 Å². The predicted octanol–water partition coefficient (Wildman–Crippen LogP) is 6.23. The van der Waals surface area contributed by atoms with Crippen LogP contribution >= 0.6 is 45.2 Å². The van der Waals surface area contributed by atoms with E-state index in [0.29, 0.717) is 0 Å². The number of hydrogen-bond acceptors (Lipinski definition) is 0. The third-order valence-corrected chi connectivity index (χ3v) is 5.14. The van der Waals surface area contributed by atoms with Crippen molar-refractivity contribution in [2.45, 2.75) is 0 Å². The number of benzene rings is 3. The fraction of sp³-hybridized carbons (Fsp3) is 0. The molecule has 3 aromatic carbocycles. The van der Waals surface area contributed by atoms with E-state index in [1.165, 1.54) is 29.4 Å². The van der Waals surface area contributed by atoms with E-state index in [9.17, 15) is 0 Å². The Kier molecular flexibility index (Phi) is 4.41. The summed E-state index contributed by atoms with van der Waals surface area (Å²) in [5, 5.41) is 0. The van der Waals surface area contributed by atoms with Crippen LogP contribution in [0.4, 0.5) is 0 Å². The summed E-state index contributed by atoms with van der Waals surface area (Å²) in [6.45, 7) is 0. The van der Waals surface area contributed by atoms with Crippen LogP contribution in [0, 0.1) is 7.14 Å². The van der Waals surface area contributed by atoms with Crippen LogP contribution in [-0.4, -0.2) is 0 Å². The van der Waals surface area contributed by atoms with Crippen molar-refractivity contribution in [2.75, 3.05) is 0 Å². The number of rotatable bonds is 2. The number of hydrogen-bond donors (Lipinski definition) is 0. The van der Waals surface area contributed by atoms with Crippen molar-refractivity contribution in [3.8, 4) is 22.3 Å². The molecule has 0 bridgehead atoms. The molecule has 0 spiro atoms. The molecule has 0 saturated carbocycles. The first-order valence-corrected chi connectivity index (χ1v) is 8.51. The second-order valence-corrected chi connectivity index (χ2v) is 6.86. The van der Waals surface area contributed by atoms with Crippen molar-refractivity contribution in [3.63, 3.8) is 0 Å². The third-order valence-electron chi connectivity index (χ3n) is 3.25. The van der Waals surface area contributed by atoms with Crippen molar-refractivity contribution in [1.82, 2.24) is 0 Å². The summed E-state index contributed by atoms with van der Waals surface area (Å²) < 4.78 is 2.57. The Morgan fingerprint density at radius 2 is 0.800 bits per heavy atom. The first-order valence-electron chi connectivity index (χ1n) is 6.35. The summed E-state index contributed by atoms with van der Waals surface area (Å²) in [7, 11) is 0. The molecule has 98 valence electrons. The molecular weight excluding hydrogens is 470 g/mol. The minimum atomic E-state index is 1.27. The van der Waals surface area contributed by atoms with Crippen LogP contribution in [-0.2, 0) is 0 Å². The van der Waals surface area contributed by atoms with Gasteiger partial charge in [-0.15, -0.1) is 0 Å². The molecule has 0 fully saturated rings. The smallest absolute Gasteiger partial charge is 0.0208 e. The van der Waals surface area contributed by atoms with E-state index < -0.39 is 0 Å². The van der Waals surface area contributed by atoms with Crippen LogP contribution in [0.3, 0.4) is 0 Å². The molecule has 0 saturated heterocycles. The molecule has 0 aromatic heterocycles. The molecule has 0 unspecified atom stereocenters. The summed E-state index contributed by atoms with van der Waals surface area (Å²) in [4.78, 5) is 0. The Bertz CT molecular complexity index is 666. The lowest BCUT2D eigenvalue weighted by molar-refractivity contribution is 1.55. The SMILES string of the molecule is Ic1ccccc1-c1ccc(-c2ccccc2I)cc1. The standard InChI is InChI=1S/C18H12I2/c19-17-7-3-1-5-15(17)13-9-11-14(12-10-13)16-6-2-4-8-18(16)20/h1-12H. The number of halogens is 2. The lowest BCUT2D eigenvalue weighted by atomic mass is 10.0. The molecule has 2 heteroatoms. The Hall–Kier alpha value is -0.880. The van der Waals surface area contributed by atoms with E-state index in [1.807, 2.05) is 0 Å². The monoisotopic (exact) mass is 482 g/mol. The molecule has 0 atom stereocenters. The van der Waals surface area contributed by atoms with Crippen LogP contribution < -0.4 is 0 Å². The molecule has 20 heavy (non-hydrogen) atoms. The molecule has 0 radical (unpaired) electrons. The fourth-order valence-electron chi connectivity index (χ4n) is 2.22. The van der Waals surface area contributed by atoms with Crippen LogP contribution in [0.5, 0.6) is 0 Å². The Balaban J connectivity index is 2.01. The van der Waals surface area contributed by atoms with E-state index in [2.05, 4.69) is 118 Å². The average molecular weight is 482 g/mol. The molecular formula is C18H12I2. The van der Waals surface area contributed by atoms with Gasteiger partial charge in [0.25, 0.3) is 0 Å². The van der Waals surface area contributed by atoms with Gasteiger partial charge in [-0.1, -0.05) is 60.7 Å². The second-order valence-electron chi connectivity index (χ2n) is 4.54. The minimum absolute atomic E-state index is 1.27. The molecule has 0 N–H and O–H groups in total. The lowest BCUT2D eigenvalue weighted by Crippen LogP contribution is -1.85. The van der Waals surface area contributed by atoms with Gasteiger partial charge < -0.3 is 0 Å². The summed E-state index contributed by atoms with van der Waals surface area (Å²) >= 11 is 4.78. The van der Waals surface area contributed by atoms with Gasteiger partial charge in [0, 0.05) is 7.14 Å². The Morgan fingerprint density at radius 3 is 1.15 bits per heavy atom. The maximum Gasteiger partial charge on any atom is 0.0208 e. The highest BCUT2D eigenvalue weighted by molar-refractivity contribution is 14.1. The van der Waals surface area contributed by atoms with Gasteiger partial charge in [0.15, 0.2) is 0 Å². The summed E-state index contributed by atoms with van der Waals surface area (Å²) in [6.07, 6.45) is 0. The van der Waals surface area contributed by atoms with E-state index in [4.69, 9.17) is 0 Å². The molecule has 3 rings (SSSR count). The van der Waals surface area contributed by atoms with Gasteiger partial charge in [0.05, 0.1) is 0 Å². The van der Waals surface area contributed by atoms with Gasteiger partial charge in [-0.3, -0.25) is 0 Å². The normalized spacial score (nSPS) is 10.5. The molecule has 3 aromatic rings. The van der Waals surface area contributed by atoms with E-state index in [-0.39, 0.29) is 0 Å². The van der Waals surface area contributed by atoms with Gasteiger partial charge in [-0.25, -0.2) is 0 Å². The van der Waals surface area contributed by atoms with Gasteiger partial charge >= 0.3 is 0 Å². The highest BCUT2D eigenvalue weighted by atomic mass is 127. The topological polar surface area (TPSA) is 0 Å². The van der Waals surface area contributed by atoms with Gasteiger partial charge in [-0.05, 0) is 79.6 Å². The highest BCUT2D eigenvalue weighted by Gasteiger charge is 2.04. The minimum Gasteiger partial charge on any atom is -0.0616 e. The molecule has 0 aliphatic carbocycles. The first-order chi connectivity index (χ1) is 9.75. The second kappa shape index (κ2) is 6.26. The Morgan fingerprint density at radius 1 is 0.450 bits per heavy atom. The van der Waals surface area contributed by atoms with Crippen molar-refractivity contribution < 1.29 is 0 Å². The zero-order valence-electron chi connectivity index (χ0n) is 10.7. The van der Waals surface area contributed by atoms with Gasteiger partial charge in [0.1, 0.15) is 0 Å². The van der Waals surface area contributed by atoms with Crippen molar-refractivity contribution >= 4 is 45.2 Å². The zero-order valence-corrected chi connectivity index (χ0v) is 15.0. The van der Waals surface area contributed by atoms with Crippen LogP contribution in [0.2, 0.25) is 0 Å². The zero-order chi connectivity index (χ0) is 13.9. The maximum atomic E-state index is 2.39. The fourth-order valence-corrected chi connectivity index (χ4v) is 3.62. The quantitative estimate of drug-likeness (QED) is 0.380. The maximum absolute atomic E-state index is 2.39. The average Bonchev–Trinajstić information content (AvgIpc) is 2.49. The molecule has 0 aliphatic heterocycles. The van der Waals surface area contributed by atoms with Crippen molar-refractivity contribution in [3.05, 3.63) is 79.9 Å². The highest BCUT2D eigenvalue weighted by Crippen LogP contribution is 2.29. The van der Waals surface area contributed by atoms with Gasteiger partial charge in [0.2, 0.25) is 0 Å². The van der Waals surface area contributed by atoms with E-state index in [0.717, 1.165) is 0 Å². The largest absolute Gasteiger partial charge is 0.0616 e. The van der Waals surface area contributed by atoms with Crippen LogP contribution in [0.1, 0.15) is 0 Å². The van der Waals surface area contributed by atoms with Gasteiger partial charge in [-0.2, -0.15) is 0 Å². The third kappa shape index (κ3) is 2.91. The molecule has 0 heterocycles. The van der Waals surface area contributed by atoms with E-state index >= 15 is 0 Å². The molecule has 0 aliphatic rings. The molecule has 0 amide bonds. The van der Waals surface area contributed by atoms with Crippen molar-refractivity contribution in [2.24, 2.45) is 0 Å². The summed E-state index contributed by atoms with van der Waals surface area (Å²) in [6, 6.07) is 25.8. The Labute approximate surface area is 146 Å². The lowest BCUT2D eigenvalue weighted by Gasteiger charge is -2.08. The van der Waals surface area contributed by atoms with Crippen LogP contribution in [0.25, 0.3) is 22.3 Å². The predicted molar refractivity (Wildman–Crippen MR) is 103 cm³/mol. The van der Waals surface area contributed by atoms with Crippen LogP contribution in [0.15, 0.2) is 72.8 Å².